The molecule has 3 aromatic rings. The molecule has 1 aliphatic heterocycles. The van der Waals surface area contributed by atoms with E-state index in [9.17, 15) is 9.59 Å². The third-order valence-corrected chi connectivity index (χ3v) is 7.66. The summed E-state index contributed by atoms with van der Waals surface area (Å²) in [5.74, 6) is 0.341. The van der Waals surface area contributed by atoms with E-state index < -0.39 is 12.0 Å². The number of fused-ring (bicyclic) bond motifs is 1. The SMILES string of the molecule is CCOC(=O)C1=C(C)N=c2s/c(=C\c3cc(Br)c(OCC#N)c(OC)c3)c(=O)n2[C@@H]1c1cccs1. The van der Waals surface area contributed by atoms with Crippen molar-refractivity contribution in [3.05, 3.63) is 75.5 Å². The fourth-order valence-corrected chi connectivity index (χ4v) is 6.17. The number of nitriles is 1. The monoisotopic (exact) mass is 573 g/mol. The van der Waals surface area contributed by atoms with E-state index in [1.807, 2.05) is 23.6 Å². The Morgan fingerprint density at radius 3 is 2.86 bits per heavy atom. The van der Waals surface area contributed by atoms with E-state index in [0.717, 1.165) is 4.88 Å². The second kappa shape index (κ2) is 10.6. The molecule has 0 fully saturated rings. The van der Waals surface area contributed by atoms with Gasteiger partial charge in [0, 0.05) is 4.88 Å². The predicted octanol–water partition coefficient (Wildman–Crippen LogP) is 3.53. The zero-order chi connectivity index (χ0) is 25.1. The highest BCUT2D eigenvalue weighted by atomic mass is 79.9. The van der Waals surface area contributed by atoms with E-state index in [0.29, 0.717) is 42.1 Å². The van der Waals surface area contributed by atoms with E-state index in [1.54, 1.807) is 36.6 Å². The molecule has 0 saturated heterocycles. The van der Waals surface area contributed by atoms with Gasteiger partial charge in [-0.15, -0.1) is 11.3 Å². The van der Waals surface area contributed by atoms with Gasteiger partial charge in [0.1, 0.15) is 12.1 Å². The molecule has 0 amide bonds. The van der Waals surface area contributed by atoms with Crippen molar-refractivity contribution in [2.24, 2.45) is 4.99 Å². The molecule has 11 heteroatoms. The first-order valence-corrected chi connectivity index (χ1v) is 13.0. The van der Waals surface area contributed by atoms with Crippen LogP contribution in [0.2, 0.25) is 0 Å². The smallest absolute Gasteiger partial charge is 0.338 e. The zero-order valence-corrected chi connectivity index (χ0v) is 22.3. The molecule has 0 bridgehead atoms. The van der Waals surface area contributed by atoms with E-state index in [2.05, 4.69) is 20.9 Å². The van der Waals surface area contributed by atoms with Gasteiger partial charge in [-0.1, -0.05) is 17.4 Å². The Balaban J connectivity index is 1.88. The van der Waals surface area contributed by atoms with Crippen molar-refractivity contribution in [2.75, 3.05) is 20.3 Å². The standard InChI is InChI=1S/C24H20BrN3O5S2/c1-4-32-23(30)19-13(2)27-24-28(20(19)17-6-5-9-34-17)22(29)18(35-24)12-14-10-15(25)21(33-8-7-26)16(11-14)31-3/h5-6,9-12,20H,4,8H2,1-3H3/b18-12-/t20-/m1/s1. The maximum Gasteiger partial charge on any atom is 0.338 e. The molecule has 180 valence electrons. The van der Waals surface area contributed by atoms with Gasteiger partial charge in [-0.05, 0) is 65.0 Å². The number of carbonyl (C=O) groups excluding carboxylic acids is 1. The average molecular weight is 574 g/mol. The van der Waals surface area contributed by atoms with Crippen molar-refractivity contribution in [3.8, 4) is 17.6 Å². The van der Waals surface area contributed by atoms with Crippen molar-refractivity contribution < 1.29 is 19.0 Å². The summed E-state index contributed by atoms with van der Waals surface area (Å²) in [6.45, 7) is 3.60. The molecular weight excluding hydrogens is 554 g/mol. The van der Waals surface area contributed by atoms with Gasteiger partial charge in [0.05, 0.1) is 34.0 Å². The summed E-state index contributed by atoms with van der Waals surface area (Å²) < 4.78 is 18.7. The van der Waals surface area contributed by atoms with Gasteiger partial charge in [0.25, 0.3) is 5.56 Å². The molecule has 1 atom stereocenters. The maximum absolute atomic E-state index is 13.6. The molecule has 4 rings (SSSR count). The normalized spacial score (nSPS) is 15.3. The molecule has 1 aromatic carbocycles. The number of carbonyl (C=O) groups is 1. The molecule has 3 heterocycles. The number of thiophene rings is 1. The Hall–Kier alpha value is -3.20. The summed E-state index contributed by atoms with van der Waals surface area (Å²) in [4.78, 5) is 32.4. The van der Waals surface area contributed by atoms with Crippen molar-refractivity contribution in [1.29, 1.82) is 5.26 Å². The van der Waals surface area contributed by atoms with Crippen LogP contribution >= 0.6 is 38.6 Å². The number of aromatic nitrogens is 1. The number of esters is 1. The lowest BCUT2D eigenvalue weighted by atomic mass is 10.0. The largest absolute Gasteiger partial charge is 0.493 e. The van der Waals surface area contributed by atoms with Gasteiger partial charge < -0.3 is 14.2 Å². The highest BCUT2D eigenvalue weighted by molar-refractivity contribution is 9.10. The van der Waals surface area contributed by atoms with Crippen LogP contribution in [-0.2, 0) is 9.53 Å². The predicted molar refractivity (Wildman–Crippen MR) is 137 cm³/mol. The molecule has 0 saturated carbocycles. The minimum atomic E-state index is -0.615. The molecule has 1 aliphatic rings. The number of benzene rings is 1. The van der Waals surface area contributed by atoms with Crippen molar-refractivity contribution in [2.45, 2.75) is 19.9 Å². The lowest BCUT2D eigenvalue weighted by molar-refractivity contribution is -0.139. The molecule has 0 aliphatic carbocycles. The van der Waals surface area contributed by atoms with Crippen LogP contribution in [-0.4, -0.2) is 30.9 Å². The summed E-state index contributed by atoms with van der Waals surface area (Å²) in [6, 6.07) is 8.59. The number of halogens is 1. The van der Waals surface area contributed by atoms with Crippen LogP contribution in [0.1, 0.15) is 30.3 Å². The lowest BCUT2D eigenvalue weighted by Gasteiger charge is -2.23. The molecule has 0 spiro atoms. The van der Waals surface area contributed by atoms with Crippen LogP contribution in [0.4, 0.5) is 0 Å². The first-order chi connectivity index (χ1) is 16.9. The topological polar surface area (TPSA) is 103 Å². The van der Waals surface area contributed by atoms with Gasteiger partial charge in [-0.3, -0.25) is 9.36 Å². The van der Waals surface area contributed by atoms with E-state index in [-0.39, 0.29) is 18.8 Å². The van der Waals surface area contributed by atoms with Crippen LogP contribution in [0.5, 0.6) is 11.5 Å². The van der Waals surface area contributed by atoms with Gasteiger partial charge in [0.2, 0.25) is 0 Å². The highest BCUT2D eigenvalue weighted by Gasteiger charge is 2.33. The maximum atomic E-state index is 13.6. The van der Waals surface area contributed by atoms with Gasteiger partial charge in [0.15, 0.2) is 22.9 Å². The first kappa shape index (κ1) is 24.9. The number of hydrogen-bond donors (Lipinski definition) is 0. The molecule has 0 N–H and O–H groups in total. The third-order valence-electron chi connectivity index (χ3n) is 5.16. The number of rotatable bonds is 7. The van der Waals surface area contributed by atoms with Crippen LogP contribution < -0.4 is 24.4 Å². The van der Waals surface area contributed by atoms with E-state index >= 15 is 0 Å². The Morgan fingerprint density at radius 1 is 1.40 bits per heavy atom. The van der Waals surface area contributed by atoms with E-state index in [4.69, 9.17) is 19.5 Å². The van der Waals surface area contributed by atoms with Crippen molar-refractivity contribution >= 4 is 50.6 Å². The second-order valence-corrected chi connectivity index (χ2v) is 10.1. The summed E-state index contributed by atoms with van der Waals surface area (Å²) in [6.07, 6.45) is 1.74. The summed E-state index contributed by atoms with van der Waals surface area (Å²) in [5, 5.41) is 10.7. The number of hydrogen-bond acceptors (Lipinski definition) is 9. The Bertz CT molecular complexity index is 1530. The number of methoxy groups -OCH3 is 1. The number of ether oxygens (including phenoxy) is 3. The molecule has 0 unspecified atom stereocenters. The molecule has 8 nitrogen and oxygen atoms in total. The minimum Gasteiger partial charge on any atom is -0.493 e. The van der Waals surface area contributed by atoms with Gasteiger partial charge in [-0.2, -0.15) is 5.26 Å². The number of nitrogens with zero attached hydrogens (tertiary/aromatic N) is 3. The molecular formula is C24H20BrN3O5S2. The quantitative estimate of drug-likeness (QED) is 0.400. The molecule has 35 heavy (non-hydrogen) atoms. The molecule has 2 aromatic heterocycles. The minimum absolute atomic E-state index is 0.127. The Morgan fingerprint density at radius 2 is 2.20 bits per heavy atom. The summed E-state index contributed by atoms with van der Waals surface area (Å²) in [7, 11) is 1.50. The number of thiazole rings is 1. The zero-order valence-electron chi connectivity index (χ0n) is 19.0. The van der Waals surface area contributed by atoms with Crippen LogP contribution in [0, 0.1) is 11.3 Å². The van der Waals surface area contributed by atoms with E-state index in [1.165, 1.54) is 29.8 Å². The van der Waals surface area contributed by atoms with Crippen LogP contribution in [0.15, 0.2) is 55.2 Å². The van der Waals surface area contributed by atoms with Crippen LogP contribution in [0.25, 0.3) is 6.08 Å². The number of allylic oxidation sites excluding steroid dienone is 1. The summed E-state index contributed by atoms with van der Waals surface area (Å²) in [5.41, 5.74) is 1.31. The van der Waals surface area contributed by atoms with Crippen molar-refractivity contribution in [1.82, 2.24) is 4.57 Å². The van der Waals surface area contributed by atoms with Crippen molar-refractivity contribution in [3.63, 3.8) is 0 Å². The average Bonchev–Trinajstić information content (AvgIpc) is 3.46. The van der Waals surface area contributed by atoms with Gasteiger partial charge >= 0.3 is 5.97 Å². The Labute approximate surface area is 217 Å². The highest BCUT2D eigenvalue weighted by Crippen LogP contribution is 2.37. The lowest BCUT2D eigenvalue weighted by Crippen LogP contribution is -2.39. The third kappa shape index (κ3) is 4.82. The fourth-order valence-electron chi connectivity index (χ4n) is 3.73. The first-order valence-electron chi connectivity index (χ1n) is 10.5. The van der Waals surface area contributed by atoms with Crippen LogP contribution in [0.3, 0.4) is 0 Å². The summed E-state index contributed by atoms with van der Waals surface area (Å²) >= 11 is 6.16. The molecule has 0 radical (unpaired) electrons. The second-order valence-electron chi connectivity index (χ2n) is 7.30. The Kier molecular flexibility index (Phi) is 7.54. The van der Waals surface area contributed by atoms with Gasteiger partial charge in [-0.25, -0.2) is 9.79 Å². The fraction of sp³-hybridized carbons (Fsp3) is 0.250.